The molecular weight excluding hydrogens is 381 g/mol. The molecule has 26 heavy (non-hydrogen) atoms. The highest BCUT2D eigenvalue weighted by atomic mass is 35.5. The Hall–Kier alpha value is -1.96. The van der Waals surface area contributed by atoms with Crippen molar-refractivity contribution in [3.63, 3.8) is 0 Å². The van der Waals surface area contributed by atoms with Gasteiger partial charge in [0.2, 0.25) is 10.0 Å². The van der Waals surface area contributed by atoms with Crippen molar-refractivity contribution in [1.29, 1.82) is 0 Å². The van der Waals surface area contributed by atoms with Crippen molar-refractivity contribution in [1.82, 2.24) is 4.31 Å². The van der Waals surface area contributed by atoms with E-state index in [1.54, 1.807) is 18.2 Å². The Labute approximate surface area is 156 Å². The molecule has 5 nitrogen and oxygen atoms in total. The maximum absolute atomic E-state index is 14.0. The fourth-order valence-corrected chi connectivity index (χ4v) is 4.83. The van der Waals surface area contributed by atoms with Gasteiger partial charge in [-0.2, -0.15) is 4.31 Å². The molecule has 0 radical (unpaired) electrons. The van der Waals surface area contributed by atoms with E-state index in [9.17, 15) is 17.6 Å². The number of rotatable bonds is 6. The first kappa shape index (κ1) is 18.8. The molecular formula is C18H17ClFNO4S. The van der Waals surface area contributed by atoms with Crippen LogP contribution >= 0.6 is 11.6 Å². The number of ether oxygens (including phenoxy) is 1. The molecule has 8 heteroatoms. The Kier molecular flexibility index (Phi) is 5.32. The minimum Gasteiger partial charge on any atom is -0.465 e. The number of benzene rings is 2. The van der Waals surface area contributed by atoms with E-state index >= 15 is 0 Å². The number of hydrogen-bond acceptors (Lipinski definition) is 4. The van der Waals surface area contributed by atoms with Crippen LogP contribution in [0.1, 0.15) is 28.8 Å². The molecule has 0 saturated heterocycles. The molecule has 0 heterocycles. The highest BCUT2D eigenvalue weighted by Gasteiger charge is 2.39. The van der Waals surface area contributed by atoms with Crippen LogP contribution in [0, 0.1) is 5.82 Å². The fourth-order valence-electron chi connectivity index (χ4n) is 2.65. The summed E-state index contributed by atoms with van der Waals surface area (Å²) in [5.41, 5.74) is 0.453. The van der Waals surface area contributed by atoms with Gasteiger partial charge in [-0.05, 0) is 37.1 Å². The first-order chi connectivity index (χ1) is 12.3. The largest absolute Gasteiger partial charge is 0.465 e. The number of hydrogen-bond donors (Lipinski definition) is 0. The van der Waals surface area contributed by atoms with Crippen LogP contribution in [-0.2, 0) is 21.3 Å². The minimum atomic E-state index is -3.95. The van der Waals surface area contributed by atoms with Crippen LogP contribution < -0.4 is 0 Å². The second kappa shape index (κ2) is 7.34. The van der Waals surface area contributed by atoms with E-state index in [0.717, 1.165) is 0 Å². The molecule has 3 rings (SSSR count). The van der Waals surface area contributed by atoms with Crippen LogP contribution in [0.15, 0.2) is 47.4 Å². The molecule has 0 N–H and O–H groups in total. The van der Waals surface area contributed by atoms with E-state index in [4.69, 9.17) is 11.6 Å². The van der Waals surface area contributed by atoms with Gasteiger partial charge in [-0.3, -0.25) is 0 Å². The lowest BCUT2D eigenvalue weighted by Crippen LogP contribution is -2.33. The zero-order valence-corrected chi connectivity index (χ0v) is 15.6. The first-order valence-corrected chi connectivity index (χ1v) is 9.79. The van der Waals surface area contributed by atoms with Crippen LogP contribution in [0.2, 0.25) is 5.02 Å². The van der Waals surface area contributed by atoms with Gasteiger partial charge in [0, 0.05) is 18.2 Å². The first-order valence-electron chi connectivity index (χ1n) is 7.97. The van der Waals surface area contributed by atoms with E-state index in [0.29, 0.717) is 18.4 Å². The predicted octanol–water partition coefficient (Wildman–Crippen LogP) is 3.62. The van der Waals surface area contributed by atoms with E-state index < -0.39 is 21.8 Å². The summed E-state index contributed by atoms with van der Waals surface area (Å²) in [6, 6.07) is 9.77. The van der Waals surface area contributed by atoms with Gasteiger partial charge in [0.15, 0.2) is 0 Å². The molecule has 1 aliphatic carbocycles. The van der Waals surface area contributed by atoms with Gasteiger partial charge in [0.25, 0.3) is 0 Å². The van der Waals surface area contributed by atoms with E-state index in [1.807, 2.05) is 0 Å². The molecule has 0 amide bonds. The smallest absolute Gasteiger partial charge is 0.337 e. The Bertz CT molecular complexity index is 944. The van der Waals surface area contributed by atoms with Gasteiger partial charge in [-0.25, -0.2) is 17.6 Å². The van der Waals surface area contributed by atoms with Gasteiger partial charge in [0.1, 0.15) is 10.7 Å². The summed E-state index contributed by atoms with van der Waals surface area (Å²) in [5, 5.41) is -0.0768. The second-order valence-electron chi connectivity index (χ2n) is 6.01. The van der Waals surface area contributed by atoms with E-state index in [1.165, 1.54) is 35.7 Å². The highest BCUT2D eigenvalue weighted by Crippen LogP contribution is 2.36. The van der Waals surface area contributed by atoms with Crippen molar-refractivity contribution in [2.24, 2.45) is 0 Å². The Morgan fingerprint density at radius 3 is 2.54 bits per heavy atom. The van der Waals surface area contributed by atoms with Crippen LogP contribution in [0.4, 0.5) is 4.39 Å². The van der Waals surface area contributed by atoms with Crippen molar-refractivity contribution in [2.45, 2.75) is 30.3 Å². The molecule has 1 saturated carbocycles. The van der Waals surface area contributed by atoms with E-state index in [2.05, 4.69) is 4.74 Å². The molecule has 0 atom stereocenters. The molecule has 1 aliphatic rings. The molecule has 0 bridgehead atoms. The lowest BCUT2D eigenvalue weighted by molar-refractivity contribution is 0.0600. The summed E-state index contributed by atoms with van der Waals surface area (Å²) in [6.07, 6.45) is 1.43. The van der Waals surface area contributed by atoms with Crippen molar-refractivity contribution >= 4 is 27.6 Å². The molecule has 0 aromatic heterocycles. The zero-order valence-electron chi connectivity index (χ0n) is 14.0. The minimum absolute atomic E-state index is 0.0746. The Morgan fingerprint density at radius 2 is 1.96 bits per heavy atom. The number of sulfonamides is 1. The third kappa shape index (κ3) is 3.75. The van der Waals surface area contributed by atoms with Gasteiger partial charge >= 0.3 is 5.97 Å². The molecule has 0 spiro atoms. The van der Waals surface area contributed by atoms with Gasteiger partial charge in [-0.1, -0.05) is 29.8 Å². The molecule has 2 aromatic carbocycles. The molecule has 0 aliphatic heterocycles. The maximum atomic E-state index is 14.0. The number of carbonyl (C=O) groups excluding carboxylic acids is 1. The fraction of sp³-hybridized carbons (Fsp3) is 0.278. The number of carbonyl (C=O) groups is 1. The van der Waals surface area contributed by atoms with Crippen molar-refractivity contribution in [2.75, 3.05) is 7.11 Å². The highest BCUT2D eigenvalue weighted by molar-refractivity contribution is 7.89. The third-order valence-electron chi connectivity index (χ3n) is 4.18. The summed E-state index contributed by atoms with van der Waals surface area (Å²) in [6.45, 7) is -0.0746. The lowest BCUT2D eigenvalue weighted by Gasteiger charge is -2.23. The van der Waals surface area contributed by atoms with Crippen molar-refractivity contribution < 1.29 is 22.3 Å². The zero-order chi connectivity index (χ0) is 18.9. The van der Waals surface area contributed by atoms with Crippen molar-refractivity contribution in [3.8, 4) is 0 Å². The van der Waals surface area contributed by atoms with Gasteiger partial charge < -0.3 is 4.74 Å². The Balaban J connectivity index is 1.96. The summed E-state index contributed by atoms with van der Waals surface area (Å²) in [4.78, 5) is 11.5. The number of esters is 1. The lowest BCUT2D eigenvalue weighted by atomic mass is 10.2. The maximum Gasteiger partial charge on any atom is 0.337 e. The molecule has 1 fully saturated rings. The monoisotopic (exact) mass is 397 g/mol. The molecule has 2 aromatic rings. The van der Waals surface area contributed by atoms with E-state index in [-0.39, 0.29) is 28.1 Å². The second-order valence-corrected chi connectivity index (χ2v) is 8.28. The normalized spacial score (nSPS) is 14.5. The summed E-state index contributed by atoms with van der Waals surface area (Å²) in [7, 11) is -2.72. The van der Waals surface area contributed by atoms with Crippen LogP contribution in [0.3, 0.4) is 0 Å². The molecule has 138 valence electrons. The summed E-state index contributed by atoms with van der Waals surface area (Å²) >= 11 is 6.13. The average Bonchev–Trinajstić information content (AvgIpc) is 3.44. The summed E-state index contributed by atoms with van der Waals surface area (Å²) < 4.78 is 46.1. The number of methoxy groups -OCH3 is 1. The van der Waals surface area contributed by atoms with Crippen LogP contribution in [-0.4, -0.2) is 31.8 Å². The predicted molar refractivity (Wildman–Crippen MR) is 94.9 cm³/mol. The van der Waals surface area contributed by atoms with Crippen LogP contribution in [0.5, 0.6) is 0 Å². The molecule has 0 unspecified atom stereocenters. The Morgan fingerprint density at radius 1 is 1.27 bits per heavy atom. The summed E-state index contributed by atoms with van der Waals surface area (Å²) in [5.74, 6) is -1.07. The topological polar surface area (TPSA) is 63.7 Å². The van der Waals surface area contributed by atoms with Crippen molar-refractivity contribution in [3.05, 3.63) is 64.4 Å². The van der Waals surface area contributed by atoms with Gasteiger partial charge in [0.05, 0.1) is 17.7 Å². The van der Waals surface area contributed by atoms with Crippen LogP contribution in [0.25, 0.3) is 0 Å². The number of halogens is 2. The average molecular weight is 398 g/mol. The quantitative estimate of drug-likeness (QED) is 0.698. The van der Waals surface area contributed by atoms with Gasteiger partial charge in [-0.15, -0.1) is 0 Å². The third-order valence-corrected chi connectivity index (χ3v) is 6.56. The number of nitrogens with zero attached hydrogens (tertiary/aromatic N) is 1. The SMILES string of the molecule is COC(=O)c1ccc(S(=O)(=O)N(Cc2ccccc2F)C2CC2)c(Cl)c1. The standard InChI is InChI=1S/C18H17ClFNO4S/c1-25-18(22)12-6-9-17(15(19)10-12)26(23,24)21(14-7-8-14)11-13-4-2-3-5-16(13)20/h2-6,9-10,14H,7-8,11H2,1H3.